The highest BCUT2D eigenvalue weighted by Crippen LogP contribution is 2.11. The first-order valence-electron chi connectivity index (χ1n) is 8.21. The summed E-state index contributed by atoms with van der Waals surface area (Å²) in [6.07, 6.45) is 4.43. The molecule has 0 unspecified atom stereocenters. The highest BCUT2D eigenvalue weighted by molar-refractivity contribution is 5.92. The first kappa shape index (κ1) is 17.7. The molecule has 0 bridgehead atoms. The van der Waals surface area contributed by atoms with Crippen LogP contribution in [-0.2, 0) is 6.42 Å². The van der Waals surface area contributed by atoms with Crippen LogP contribution in [0.3, 0.4) is 0 Å². The summed E-state index contributed by atoms with van der Waals surface area (Å²) in [6, 6.07) is 9.55. The third kappa shape index (κ3) is 5.53. The Balaban J connectivity index is 1.83. The van der Waals surface area contributed by atoms with E-state index in [1.54, 1.807) is 19.4 Å². The van der Waals surface area contributed by atoms with Crippen LogP contribution in [-0.4, -0.2) is 36.1 Å². The zero-order chi connectivity index (χ0) is 17.2. The third-order valence-electron chi connectivity index (χ3n) is 3.56. The Morgan fingerprint density at radius 1 is 1.17 bits per heavy atom. The molecule has 6 nitrogen and oxygen atoms in total. The maximum atomic E-state index is 12.0. The van der Waals surface area contributed by atoms with Gasteiger partial charge in [-0.2, -0.15) is 0 Å². The van der Waals surface area contributed by atoms with Crippen LogP contribution in [0.1, 0.15) is 35.8 Å². The largest absolute Gasteiger partial charge is 0.497 e. The van der Waals surface area contributed by atoms with Crippen molar-refractivity contribution in [2.24, 2.45) is 0 Å². The number of carbonyl (C=O) groups excluding carboxylic acids is 1. The van der Waals surface area contributed by atoms with E-state index < -0.39 is 0 Å². The number of nitrogens with zero attached hydrogens (tertiary/aromatic N) is 2. The fourth-order valence-electron chi connectivity index (χ4n) is 2.15. The molecule has 0 saturated carbocycles. The molecule has 0 spiro atoms. The van der Waals surface area contributed by atoms with Crippen LogP contribution in [0.5, 0.6) is 5.75 Å². The van der Waals surface area contributed by atoms with Crippen LogP contribution in [0.2, 0.25) is 0 Å². The molecule has 1 amide bonds. The van der Waals surface area contributed by atoms with Gasteiger partial charge in [0.25, 0.3) is 5.91 Å². The van der Waals surface area contributed by atoms with Gasteiger partial charge in [-0.1, -0.05) is 25.5 Å². The summed E-state index contributed by atoms with van der Waals surface area (Å²) < 4.78 is 5.14. The van der Waals surface area contributed by atoms with E-state index >= 15 is 0 Å². The minimum absolute atomic E-state index is 0.163. The molecular weight excluding hydrogens is 304 g/mol. The molecule has 2 N–H and O–H groups in total. The molecule has 0 fully saturated rings. The van der Waals surface area contributed by atoms with Gasteiger partial charge in [0.2, 0.25) is 5.95 Å². The summed E-state index contributed by atoms with van der Waals surface area (Å²) in [5.74, 6) is 1.15. The molecular formula is C18H24N4O2. The Hall–Kier alpha value is -2.63. The average Bonchev–Trinajstić information content (AvgIpc) is 2.63. The van der Waals surface area contributed by atoms with Gasteiger partial charge in [0.1, 0.15) is 11.4 Å². The second kappa shape index (κ2) is 9.50. The Morgan fingerprint density at radius 2 is 1.96 bits per heavy atom. The molecule has 0 aliphatic rings. The van der Waals surface area contributed by atoms with Crippen LogP contribution in [0.15, 0.2) is 36.5 Å². The number of benzene rings is 1. The van der Waals surface area contributed by atoms with Gasteiger partial charge < -0.3 is 15.4 Å². The fraction of sp³-hybridized carbons (Fsp3) is 0.389. The zero-order valence-electron chi connectivity index (χ0n) is 14.2. The molecule has 2 rings (SSSR count). The van der Waals surface area contributed by atoms with Gasteiger partial charge in [0, 0.05) is 19.3 Å². The standard InChI is InChI=1S/C18H24N4O2/c1-3-4-11-19-17(23)16-10-13-21-18(22-16)20-12-9-14-5-7-15(24-2)8-6-14/h5-8,10,13H,3-4,9,11-12H2,1-2H3,(H,19,23)(H,20,21,22). The van der Waals surface area contributed by atoms with Crippen molar-refractivity contribution in [2.75, 3.05) is 25.5 Å². The molecule has 2 aromatic rings. The lowest BCUT2D eigenvalue weighted by Crippen LogP contribution is -2.25. The SMILES string of the molecule is CCCCNC(=O)c1ccnc(NCCc2ccc(OC)cc2)n1. The number of nitrogens with one attached hydrogen (secondary N) is 2. The van der Waals surface area contributed by atoms with Crippen molar-refractivity contribution in [3.63, 3.8) is 0 Å². The number of hydrogen-bond donors (Lipinski definition) is 2. The Labute approximate surface area is 142 Å². The van der Waals surface area contributed by atoms with E-state index in [1.807, 2.05) is 24.3 Å². The van der Waals surface area contributed by atoms with Gasteiger partial charge in [0.05, 0.1) is 7.11 Å². The molecule has 128 valence electrons. The minimum atomic E-state index is -0.163. The van der Waals surface area contributed by atoms with E-state index in [9.17, 15) is 4.79 Å². The highest BCUT2D eigenvalue weighted by Gasteiger charge is 2.07. The summed E-state index contributed by atoms with van der Waals surface area (Å²) in [5.41, 5.74) is 1.57. The lowest BCUT2D eigenvalue weighted by Gasteiger charge is -2.07. The predicted octanol–water partition coefficient (Wildman–Crippen LogP) is 2.67. The van der Waals surface area contributed by atoms with Crippen LogP contribution in [0.25, 0.3) is 0 Å². The van der Waals surface area contributed by atoms with Crippen LogP contribution < -0.4 is 15.4 Å². The van der Waals surface area contributed by atoms with Gasteiger partial charge in [0.15, 0.2) is 0 Å². The average molecular weight is 328 g/mol. The lowest BCUT2D eigenvalue weighted by molar-refractivity contribution is 0.0948. The molecule has 0 saturated heterocycles. The van der Waals surface area contributed by atoms with Crippen LogP contribution >= 0.6 is 0 Å². The lowest BCUT2D eigenvalue weighted by atomic mass is 10.1. The molecule has 0 atom stereocenters. The van der Waals surface area contributed by atoms with Gasteiger partial charge in [-0.25, -0.2) is 9.97 Å². The number of carbonyl (C=O) groups is 1. The number of rotatable bonds is 9. The molecule has 0 radical (unpaired) electrons. The van der Waals surface area contributed by atoms with Crippen molar-refractivity contribution in [3.8, 4) is 5.75 Å². The summed E-state index contributed by atoms with van der Waals surface area (Å²) in [6.45, 7) is 3.44. The molecule has 1 aromatic heterocycles. The molecule has 1 heterocycles. The van der Waals surface area contributed by atoms with Crippen molar-refractivity contribution in [1.29, 1.82) is 0 Å². The van der Waals surface area contributed by atoms with Crippen molar-refractivity contribution < 1.29 is 9.53 Å². The first-order chi connectivity index (χ1) is 11.7. The molecule has 24 heavy (non-hydrogen) atoms. The highest BCUT2D eigenvalue weighted by atomic mass is 16.5. The number of methoxy groups -OCH3 is 1. The summed E-state index contributed by atoms with van der Waals surface area (Å²) in [5, 5.41) is 6.00. The van der Waals surface area contributed by atoms with Crippen molar-refractivity contribution in [1.82, 2.24) is 15.3 Å². The van der Waals surface area contributed by atoms with Crippen molar-refractivity contribution in [3.05, 3.63) is 47.8 Å². The number of unbranched alkanes of at least 4 members (excludes halogenated alkanes) is 1. The maximum absolute atomic E-state index is 12.0. The summed E-state index contributed by atoms with van der Waals surface area (Å²) in [7, 11) is 1.65. The second-order valence-corrected chi connectivity index (χ2v) is 5.40. The minimum Gasteiger partial charge on any atom is -0.497 e. The van der Waals surface area contributed by atoms with Gasteiger partial charge in [-0.3, -0.25) is 4.79 Å². The topological polar surface area (TPSA) is 76.1 Å². The number of ether oxygens (including phenoxy) is 1. The van der Waals surface area contributed by atoms with Gasteiger partial charge >= 0.3 is 0 Å². The maximum Gasteiger partial charge on any atom is 0.270 e. The van der Waals surface area contributed by atoms with Crippen LogP contribution in [0.4, 0.5) is 5.95 Å². The van der Waals surface area contributed by atoms with Gasteiger partial charge in [-0.05, 0) is 36.6 Å². The third-order valence-corrected chi connectivity index (χ3v) is 3.56. The Bertz CT molecular complexity index is 644. The van der Waals surface area contributed by atoms with Crippen LogP contribution in [0, 0.1) is 0 Å². The van der Waals surface area contributed by atoms with E-state index in [-0.39, 0.29) is 5.91 Å². The monoisotopic (exact) mass is 328 g/mol. The normalized spacial score (nSPS) is 10.2. The zero-order valence-corrected chi connectivity index (χ0v) is 14.2. The van der Waals surface area contributed by atoms with E-state index in [2.05, 4.69) is 27.5 Å². The number of hydrogen-bond acceptors (Lipinski definition) is 5. The molecule has 0 aliphatic carbocycles. The summed E-state index contributed by atoms with van der Waals surface area (Å²) >= 11 is 0. The van der Waals surface area contributed by atoms with E-state index in [0.717, 1.165) is 25.0 Å². The second-order valence-electron chi connectivity index (χ2n) is 5.40. The van der Waals surface area contributed by atoms with E-state index in [1.165, 1.54) is 5.56 Å². The summed E-state index contributed by atoms with van der Waals surface area (Å²) in [4.78, 5) is 20.4. The fourth-order valence-corrected chi connectivity index (χ4v) is 2.15. The Kier molecular flexibility index (Phi) is 7.01. The molecule has 6 heteroatoms. The molecule has 1 aromatic carbocycles. The van der Waals surface area contributed by atoms with E-state index in [0.29, 0.717) is 24.7 Å². The Morgan fingerprint density at radius 3 is 2.67 bits per heavy atom. The number of anilines is 1. The first-order valence-corrected chi connectivity index (χ1v) is 8.21. The van der Waals surface area contributed by atoms with Crippen molar-refractivity contribution in [2.45, 2.75) is 26.2 Å². The van der Waals surface area contributed by atoms with Gasteiger partial charge in [-0.15, -0.1) is 0 Å². The number of amides is 1. The predicted molar refractivity (Wildman–Crippen MR) is 94.5 cm³/mol. The number of aromatic nitrogens is 2. The quantitative estimate of drug-likeness (QED) is 0.692. The molecule has 0 aliphatic heterocycles. The van der Waals surface area contributed by atoms with E-state index in [4.69, 9.17) is 4.74 Å². The van der Waals surface area contributed by atoms with Crippen molar-refractivity contribution >= 4 is 11.9 Å². The smallest absolute Gasteiger partial charge is 0.270 e.